The predicted molar refractivity (Wildman–Crippen MR) is 67.6 cm³/mol. The van der Waals surface area contributed by atoms with Crippen LogP contribution in [0.4, 0.5) is 0 Å². The van der Waals surface area contributed by atoms with Gasteiger partial charge in [-0.05, 0) is 19.9 Å². The molecule has 0 spiro atoms. The standard InChI is InChI=1S/C13H20N2O4/c1-3-18-10-6-7-14-12(10)13-15-8-9(19-13)4-5-11(16)17-2/h8,10,12,14H,3-7H2,1-2H3/t10-,12-/m0/s1. The number of nitrogens with one attached hydrogen (secondary N) is 1. The van der Waals surface area contributed by atoms with Crippen LogP contribution in [-0.4, -0.2) is 37.3 Å². The lowest BCUT2D eigenvalue weighted by Crippen LogP contribution is -2.23. The summed E-state index contributed by atoms with van der Waals surface area (Å²) in [5.41, 5.74) is 0. The molecular weight excluding hydrogens is 248 g/mol. The molecule has 2 heterocycles. The molecule has 6 heteroatoms. The van der Waals surface area contributed by atoms with Gasteiger partial charge in [0.05, 0.1) is 25.8 Å². The first-order valence-electron chi connectivity index (χ1n) is 6.61. The molecule has 2 atom stereocenters. The third kappa shape index (κ3) is 3.54. The number of hydrogen-bond acceptors (Lipinski definition) is 6. The first-order valence-corrected chi connectivity index (χ1v) is 6.61. The van der Waals surface area contributed by atoms with Crippen molar-refractivity contribution in [3.05, 3.63) is 17.8 Å². The number of aryl methyl sites for hydroxylation is 1. The zero-order chi connectivity index (χ0) is 13.7. The number of esters is 1. The summed E-state index contributed by atoms with van der Waals surface area (Å²) in [5, 5.41) is 3.32. The number of oxazole rings is 1. The summed E-state index contributed by atoms with van der Waals surface area (Å²) in [6.45, 7) is 3.56. The second-order valence-electron chi connectivity index (χ2n) is 4.46. The van der Waals surface area contributed by atoms with Crippen LogP contribution in [0.5, 0.6) is 0 Å². The van der Waals surface area contributed by atoms with Crippen LogP contribution >= 0.6 is 0 Å². The molecule has 1 aromatic heterocycles. The molecule has 0 saturated carbocycles. The van der Waals surface area contributed by atoms with Crippen LogP contribution in [0, 0.1) is 0 Å². The Morgan fingerprint density at radius 3 is 3.21 bits per heavy atom. The molecule has 0 unspecified atom stereocenters. The van der Waals surface area contributed by atoms with Gasteiger partial charge in [0.25, 0.3) is 0 Å². The van der Waals surface area contributed by atoms with E-state index in [1.54, 1.807) is 6.20 Å². The lowest BCUT2D eigenvalue weighted by Gasteiger charge is -2.16. The molecule has 0 aromatic carbocycles. The van der Waals surface area contributed by atoms with Crippen LogP contribution in [0.2, 0.25) is 0 Å². The van der Waals surface area contributed by atoms with E-state index in [2.05, 4.69) is 15.0 Å². The van der Waals surface area contributed by atoms with Gasteiger partial charge in [-0.3, -0.25) is 4.79 Å². The molecular formula is C13H20N2O4. The Balaban J connectivity index is 1.94. The summed E-state index contributed by atoms with van der Waals surface area (Å²) in [5.74, 6) is 1.09. The van der Waals surface area contributed by atoms with Crippen molar-refractivity contribution in [3.8, 4) is 0 Å². The van der Waals surface area contributed by atoms with Crippen LogP contribution in [0.3, 0.4) is 0 Å². The van der Waals surface area contributed by atoms with E-state index < -0.39 is 0 Å². The van der Waals surface area contributed by atoms with E-state index in [-0.39, 0.29) is 18.1 Å². The molecule has 1 N–H and O–H groups in total. The lowest BCUT2D eigenvalue weighted by atomic mass is 10.2. The topological polar surface area (TPSA) is 73.6 Å². The average Bonchev–Trinajstić information content (AvgIpc) is 3.04. The van der Waals surface area contributed by atoms with E-state index in [0.29, 0.717) is 31.1 Å². The molecule has 2 rings (SSSR count). The van der Waals surface area contributed by atoms with Crippen LogP contribution in [-0.2, 0) is 20.7 Å². The van der Waals surface area contributed by atoms with Gasteiger partial charge in [0, 0.05) is 13.0 Å². The fraction of sp³-hybridized carbons (Fsp3) is 0.692. The van der Waals surface area contributed by atoms with Crippen molar-refractivity contribution in [2.24, 2.45) is 0 Å². The second-order valence-corrected chi connectivity index (χ2v) is 4.46. The van der Waals surface area contributed by atoms with Gasteiger partial charge < -0.3 is 19.2 Å². The molecule has 1 aromatic rings. The van der Waals surface area contributed by atoms with Gasteiger partial charge in [0.1, 0.15) is 11.8 Å². The Hall–Kier alpha value is -1.40. The van der Waals surface area contributed by atoms with Crippen molar-refractivity contribution in [2.75, 3.05) is 20.3 Å². The Bertz CT molecular complexity index is 419. The fourth-order valence-corrected chi connectivity index (χ4v) is 2.23. The maximum Gasteiger partial charge on any atom is 0.305 e. The van der Waals surface area contributed by atoms with Crippen molar-refractivity contribution in [2.45, 2.75) is 38.3 Å². The van der Waals surface area contributed by atoms with E-state index in [1.165, 1.54) is 7.11 Å². The molecule has 6 nitrogen and oxygen atoms in total. The van der Waals surface area contributed by atoms with Crippen LogP contribution < -0.4 is 5.32 Å². The number of ether oxygens (including phenoxy) is 2. The third-order valence-electron chi connectivity index (χ3n) is 3.19. The normalized spacial score (nSPS) is 22.6. The van der Waals surface area contributed by atoms with Crippen LogP contribution in [0.15, 0.2) is 10.6 Å². The van der Waals surface area contributed by atoms with Crippen LogP contribution in [0.25, 0.3) is 0 Å². The van der Waals surface area contributed by atoms with Crippen molar-refractivity contribution < 1.29 is 18.7 Å². The Morgan fingerprint density at radius 1 is 1.63 bits per heavy atom. The van der Waals surface area contributed by atoms with Crippen molar-refractivity contribution in [1.82, 2.24) is 10.3 Å². The summed E-state index contributed by atoms with van der Waals surface area (Å²) in [4.78, 5) is 15.3. The van der Waals surface area contributed by atoms with E-state index in [1.807, 2.05) is 6.92 Å². The van der Waals surface area contributed by atoms with Crippen molar-refractivity contribution >= 4 is 5.97 Å². The Labute approximate surface area is 112 Å². The number of methoxy groups -OCH3 is 1. The summed E-state index contributed by atoms with van der Waals surface area (Å²) in [6.07, 6.45) is 3.54. The fourth-order valence-electron chi connectivity index (χ4n) is 2.23. The van der Waals surface area contributed by atoms with Gasteiger partial charge >= 0.3 is 5.97 Å². The Morgan fingerprint density at radius 2 is 2.47 bits per heavy atom. The van der Waals surface area contributed by atoms with E-state index in [4.69, 9.17) is 9.15 Å². The van der Waals surface area contributed by atoms with Gasteiger partial charge in [-0.15, -0.1) is 0 Å². The maximum absolute atomic E-state index is 11.1. The number of rotatable bonds is 6. The summed E-state index contributed by atoms with van der Waals surface area (Å²) in [6, 6.07) is 0.00632. The molecule has 0 bridgehead atoms. The highest BCUT2D eigenvalue weighted by molar-refractivity contribution is 5.69. The van der Waals surface area contributed by atoms with E-state index in [0.717, 1.165) is 13.0 Å². The summed E-state index contributed by atoms with van der Waals surface area (Å²) < 4.78 is 15.9. The molecule has 0 aliphatic carbocycles. The largest absolute Gasteiger partial charge is 0.469 e. The molecule has 0 amide bonds. The first kappa shape index (κ1) is 14.0. The SMILES string of the molecule is CCO[C@H]1CCN[C@@H]1c1ncc(CCC(=O)OC)o1. The van der Waals surface area contributed by atoms with Gasteiger partial charge in [-0.2, -0.15) is 0 Å². The summed E-state index contributed by atoms with van der Waals surface area (Å²) in [7, 11) is 1.38. The molecule has 1 saturated heterocycles. The smallest absolute Gasteiger partial charge is 0.305 e. The van der Waals surface area contributed by atoms with Crippen LogP contribution in [0.1, 0.15) is 37.5 Å². The highest BCUT2D eigenvalue weighted by Crippen LogP contribution is 2.26. The molecule has 1 aliphatic heterocycles. The van der Waals surface area contributed by atoms with Gasteiger partial charge in [0.2, 0.25) is 5.89 Å². The minimum Gasteiger partial charge on any atom is -0.469 e. The van der Waals surface area contributed by atoms with Crippen molar-refractivity contribution in [1.29, 1.82) is 0 Å². The van der Waals surface area contributed by atoms with E-state index >= 15 is 0 Å². The zero-order valence-electron chi connectivity index (χ0n) is 11.3. The number of carbonyl (C=O) groups excluding carboxylic acids is 1. The highest BCUT2D eigenvalue weighted by atomic mass is 16.5. The maximum atomic E-state index is 11.1. The zero-order valence-corrected chi connectivity index (χ0v) is 11.3. The minimum absolute atomic E-state index is 0.00632. The average molecular weight is 268 g/mol. The predicted octanol–water partition coefficient (Wildman–Crippen LogP) is 1.22. The molecule has 0 radical (unpaired) electrons. The number of aromatic nitrogens is 1. The molecule has 1 fully saturated rings. The monoisotopic (exact) mass is 268 g/mol. The highest BCUT2D eigenvalue weighted by Gasteiger charge is 2.32. The van der Waals surface area contributed by atoms with Gasteiger partial charge in [0.15, 0.2) is 0 Å². The first-order chi connectivity index (χ1) is 9.24. The van der Waals surface area contributed by atoms with E-state index in [9.17, 15) is 4.79 Å². The van der Waals surface area contributed by atoms with Gasteiger partial charge in [-0.25, -0.2) is 4.98 Å². The number of hydrogen-bond donors (Lipinski definition) is 1. The second kappa shape index (κ2) is 6.68. The number of carbonyl (C=O) groups is 1. The minimum atomic E-state index is -0.246. The Kier molecular flexibility index (Phi) is 4.93. The van der Waals surface area contributed by atoms with Gasteiger partial charge in [-0.1, -0.05) is 0 Å². The van der Waals surface area contributed by atoms with Crippen molar-refractivity contribution in [3.63, 3.8) is 0 Å². The quantitative estimate of drug-likeness (QED) is 0.782. The number of nitrogens with zero attached hydrogens (tertiary/aromatic N) is 1. The molecule has 1 aliphatic rings. The third-order valence-corrected chi connectivity index (χ3v) is 3.19. The lowest BCUT2D eigenvalue weighted by molar-refractivity contribution is -0.140. The molecule has 19 heavy (non-hydrogen) atoms. The summed E-state index contributed by atoms with van der Waals surface area (Å²) >= 11 is 0. The molecule has 106 valence electrons.